The maximum absolute atomic E-state index is 5.95. The van der Waals surface area contributed by atoms with Gasteiger partial charge in [-0.1, -0.05) is 24.3 Å². The van der Waals surface area contributed by atoms with Crippen LogP contribution in [-0.4, -0.2) is 0 Å². The van der Waals surface area contributed by atoms with Crippen molar-refractivity contribution in [3.63, 3.8) is 0 Å². The van der Waals surface area contributed by atoms with E-state index in [4.69, 9.17) is 32.4 Å². The van der Waals surface area contributed by atoms with E-state index >= 15 is 0 Å². The predicted molar refractivity (Wildman–Crippen MR) is 126 cm³/mol. The molecule has 4 aromatic rings. The molecule has 0 unspecified atom stereocenters. The second kappa shape index (κ2) is 8.59. The summed E-state index contributed by atoms with van der Waals surface area (Å²) >= 11 is 0. The number of hydrogen-bond acceptors (Lipinski definition) is 6. The second-order valence-electron chi connectivity index (χ2n) is 7.26. The zero-order valence-corrected chi connectivity index (χ0v) is 16.9. The van der Waals surface area contributed by atoms with E-state index < -0.39 is 0 Å². The van der Waals surface area contributed by atoms with Gasteiger partial charge in [0, 0.05) is 11.4 Å². The largest absolute Gasteiger partial charge is 0.455 e. The normalized spacial score (nSPS) is 10.6. The summed E-state index contributed by atoms with van der Waals surface area (Å²) in [6, 6.07) is 26.2. The van der Waals surface area contributed by atoms with Crippen molar-refractivity contribution in [3.05, 3.63) is 96.1 Å². The summed E-state index contributed by atoms with van der Waals surface area (Å²) < 4.78 is 11.7. The van der Waals surface area contributed by atoms with Gasteiger partial charge in [-0.3, -0.25) is 0 Å². The van der Waals surface area contributed by atoms with Crippen molar-refractivity contribution in [1.82, 2.24) is 0 Å². The van der Waals surface area contributed by atoms with Crippen molar-refractivity contribution >= 4 is 22.7 Å². The van der Waals surface area contributed by atoms with Crippen LogP contribution in [0.25, 0.3) is 0 Å². The van der Waals surface area contributed by atoms with Crippen LogP contribution in [0.3, 0.4) is 0 Å². The summed E-state index contributed by atoms with van der Waals surface area (Å²) in [5.41, 5.74) is 27.9. The zero-order valence-electron chi connectivity index (χ0n) is 16.9. The zero-order chi connectivity index (χ0) is 21.8. The molecule has 0 aliphatic carbocycles. The van der Waals surface area contributed by atoms with Crippen LogP contribution >= 0.6 is 0 Å². The molecule has 6 nitrogen and oxygen atoms in total. The lowest BCUT2D eigenvalue weighted by molar-refractivity contribution is 0.485. The molecular weight excluding hydrogens is 388 g/mol. The number of ether oxygens (including phenoxy) is 2. The maximum atomic E-state index is 5.95. The van der Waals surface area contributed by atoms with Gasteiger partial charge in [-0.25, -0.2) is 0 Å². The van der Waals surface area contributed by atoms with Gasteiger partial charge in [0.1, 0.15) is 23.0 Å². The minimum atomic E-state index is 0.507. The predicted octanol–water partition coefficient (Wildman–Crippen LogP) is 5.19. The topological polar surface area (TPSA) is 123 Å². The Labute approximate surface area is 181 Å². The third-order valence-electron chi connectivity index (χ3n) is 4.78. The van der Waals surface area contributed by atoms with Crippen LogP contribution in [0, 0.1) is 0 Å². The number of rotatable bonds is 6. The summed E-state index contributed by atoms with van der Waals surface area (Å²) in [6.45, 7) is 0. The monoisotopic (exact) mass is 412 g/mol. The van der Waals surface area contributed by atoms with Gasteiger partial charge < -0.3 is 32.4 Å². The molecule has 0 aromatic heterocycles. The van der Waals surface area contributed by atoms with E-state index in [1.165, 1.54) is 0 Å². The highest BCUT2D eigenvalue weighted by molar-refractivity contribution is 5.62. The molecule has 0 saturated heterocycles. The van der Waals surface area contributed by atoms with E-state index in [1.54, 1.807) is 36.4 Å². The molecule has 0 radical (unpaired) electrons. The lowest BCUT2D eigenvalue weighted by atomic mass is 10.0. The molecule has 0 amide bonds. The quantitative estimate of drug-likeness (QED) is 0.323. The first-order chi connectivity index (χ1) is 15.0. The highest BCUT2D eigenvalue weighted by Crippen LogP contribution is 2.31. The molecule has 0 aliphatic rings. The number of nitrogens with two attached hydrogens (primary N) is 4. The summed E-state index contributed by atoms with van der Waals surface area (Å²) in [5.74, 6) is 2.59. The molecular formula is C25H24N4O2. The van der Waals surface area contributed by atoms with Crippen molar-refractivity contribution < 1.29 is 9.47 Å². The van der Waals surface area contributed by atoms with Gasteiger partial charge in [-0.2, -0.15) is 0 Å². The van der Waals surface area contributed by atoms with E-state index in [0.717, 1.165) is 17.5 Å². The number of benzene rings is 4. The number of anilines is 4. The van der Waals surface area contributed by atoms with Crippen molar-refractivity contribution in [2.24, 2.45) is 0 Å². The molecule has 0 spiro atoms. The summed E-state index contributed by atoms with van der Waals surface area (Å²) in [4.78, 5) is 0. The Hall–Kier alpha value is -4.32. The van der Waals surface area contributed by atoms with Crippen LogP contribution < -0.4 is 32.4 Å². The Morgan fingerprint density at radius 3 is 1.23 bits per heavy atom. The Bertz CT molecular complexity index is 1090. The molecule has 4 rings (SSSR count). The highest BCUT2D eigenvalue weighted by Gasteiger charge is 2.05. The minimum Gasteiger partial charge on any atom is -0.455 e. The smallest absolute Gasteiger partial charge is 0.150 e. The standard InChI is InChI=1S/C25H24N4O2/c26-18-5-11-24(22(28)14-18)30-20-7-1-16(2-8-20)13-17-3-9-21(10-4-17)31-25-12-6-19(27)15-23(25)29/h1-12,14-15H,13,26-29H2. The van der Waals surface area contributed by atoms with Gasteiger partial charge in [0.05, 0.1) is 11.4 Å². The summed E-state index contributed by atoms with van der Waals surface area (Å²) in [7, 11) is 0. The first kappa shape index (κ1) is 20.0. The molecule has 0 aliphatic heterocycles. The van der Waals surface area contributed by atoms with Crippen LogP contribution in [-0.2, 0) is 6.42 Å². The molecule has 4 aromatic carbocycles. The van der Waals surface area contributed by atoms with E-state index in [0.29, 0.717) is 45.7 Å². The lowest BCUT2D eigenvalue weighted by Crippen LogP contribution is -1.95. The maximum Gasteiger partial charge on any atom is 0.150 e. The molecule has 156 valence electrons. The van der Waals surface area contributed by atoms with E-state index in [-0.39, 0.29) is 0 Å². The Morgan fingerprint density at radius 1 is 0.484 bits per heavy atom. The Balaban J connectivity index is 1.39. The van der Waals surface area contributed by atoms with Crippen LogP contribution in [0.1, 0.15) is 11.1 Å². The van der Waals surface area contributed by atoms with Gasteiger partial charge in [0.2, 0.25) is 0 Å². The SMILES string of the molecule is Nc1ccc(Oc2ccc(Cc3ccc(Oc4ccc(N)cc4N)cc3)cc2)c(N)c1. The molecule has 31 heavy (non-hydrogen) atoms. The van der Waals surface area contributed by atoms with Crippen molar-refractivity contribution in [3.8, 4) is 23.0 Å². The highest BCUT2D eigenvalue weighted by atomic mass is 16.5. The first-order valence-corrected chi connectivity index (χ1v) is 9.80. The molecule has 0 atom stereocenters. The molecule has 0 bridgehead atoms. The fourth-order valence-electron chi connectivity index (χ4n) is 3.16. The van der Waals surface area contributed by atoms with Gasteiger partial charge in [-0.15, -0.1) is 0 Å². The summed E-state index contributed by atoms with van der Waals surface area (Å²) in [6.07, 6.45) is 0.786. The lowest BCUT2D eigenvalue weighted by Gasteiger charge is -2.11. The fraction of sp³-hybridized carbons (Fsp3) is 0.0400. The molecule has 8 N–H and O–H groups in total. The summed E-state index contributed by atoms with van der Waals surface area (Å²) in [5, 5.41) is 0. The van der Waals surface area contributed by atoms with Crippen LogP contribution in [0.4, 0.5) is 22.7 Å². The van der Waals surface area contributed by atoms with Crippen molar-refractivity contribution in [1.29, 1.82) is 0 Å². The van der Waals surface area contributed by atoms with E-state index in [9.17, 15) is 0 Å². The van der Waals surface area contributed by atoms with Crippen LogP contribution in [0.15, 0.2) is 84.9 Å². The third kappa shape index (κ3) is 5.00. The second-order valence-corrected chi connectivity index (χ2v) is 7.26. The van der Waals surface area contributed by atoms with Crippen LogP contribution in [0.5, 0.6) is 23.0 Å². The Kier molecular flexibility index (Phi) is 5.53. The molecule has 6 heteroatoms. The fourth-order valence-corrected chi connectivity index (χ4v) is 3.16. The third-order valence-corrected chi connectivity index (χ3v) is 4.78. The van der Waals surface area contributed by atoms with Gasteiger partial charge in [0.15, 0.2) is 0 Å². The Morgan fingerprint density at radius 2 is 0.871 bits per heavy atom. The first-order valence-electron chi connectivity index (χ1n) is 9.80. The van der Waals surface area contributed by atoms with E-state index in [1.807, 2.05) is 48.5 Å². The average molecular weight is 412 g/mol. The number of hydrogen-bond donors (Lipinski definition) is 4. The van der Waals surface area contributed by atoms with E-state index in [2.05, 4.69) is 0 Å². The molecule has 0 fully saturated rings. The van der Waals surface area contributed by atoms with Gasteiger partial charge in [0.25, 0.3) is 0 Å². The minimum absolute atomic E-state index is 0.507. The molecule has 0 saturated carbocycles. The van der Waals surface area contributed by atoms with Gasteiger partial charge in [-0.05, 0) is 78.2 Å². The van der Waals surface area contributed by atoms with Gasteiger partial charge >= 0.3 is 0 Å². The van der Waals surface area contributed by atoms with Crippen LogP contribution in [0.2, 0.25) is 0 Å². The van der Waals surface area contributed by atoms with Crippen molar-refractivity contribution in [2.45, 2.75) is 6.42 Å². The van der Waals surface area contributed by atoms with Crippen molar-refractivity contribution in [2.75, 3.05) is 22.9 Å². The number of nitrogen functional groups attached to an aromatic ring is 4. The molecule has 0 heterocycles. The average Bonchev–Trinajstić information content (AvgIpc) is 2.75.